The average molecular weight is 702 g/mol. The maximum absolute atomic E-state index is 9.57. The molecule has 250 valence electrons. The fourth-order valence-corrected chi connectivity index (χ4v) is 5.52. The lowest BCUT2D eigenvalue weighted by Gasteiger charge is -2.26. The highest BCUT2D eigenvalue weighted by molar-refractivity contribution is 5.89. The van der Waals surface area contributed by atoms with Crippen molar-refractivity contribution in [3.8, 4) is 55.6 Å². The Bertz CT molecular complexity index is 3790. The summed E-state index contributed by atoms with van der Waals surface area (Å²) in [5, 5.41) is 1.73. The molecule has 0 radical (unpaired) electrons. The van der Waals surface area contributed by atoms with Gasteiger partial charge in [0.2, 0.25) is 0 Å². The van der Waals surface area contributed by atoms with Gasteiger partial charge in [-0.1, -0.05) is 181 Å². The van der Waals surface area contributed by atoms with Crippen LogP contribution in [0, 0.1) is 0 Å². The highest BCUT2D eigenvalue weighted by atomic mass is 15.1. The molecule has 9 aromatic rings. The monoisotopic (exact) mass is 701 g/mol. The fourth-order valence-electron chi connectivity index (χ4n) is 5.52. The van der Waals surface area contributed by atoms with Crippen LogP contribution < -0.4 is 4.90 Å². The summed E-state index contributed by atoms with van der Waals surface area (Å²) in [6, 6.07) is -4.66. The molecule has 9 rings (SSSR count). The zero-order valence-electron chi connectivity index (χ0n) is 53.3. The van der Waals surface area contributed by atoms with Crippen molar-refractivity contribution in [1.29, 1.82) is 0 Å². The number of hydrogen-bond donors (Lipinski definition) is 0. The Hall–Kier alpha value is -6.96. The summed E-state index contributed by atoms with van der Waals surface area (Å²) < 4.78 is 231. The summed E-state index contributed by atoms with van der Waals surface area (Å²) in [6.45, 7) is 0. The van der Waals surface area contributed by atoms with Gasteiger partial charge in [0.25, 0.3) is 0 Å². The van der Waals surface area contributed by atoms with E-state index in [0.717, 1.165) is 15.7 Å². The summed E-state index contributed by atoms with van der Waals surface area (Å²) in [5.74, 6) is 0. The fraction of sp³-hybridized carbons (Fsp3) is 0. The third-order valence-electron chi connectivity index (χ3n) is 8.11. The van der Waals surface area contributed by atoms with E-state index >= 15 is 0 Å². The lowest BCUT2D eigenvalue weighted by atomic mass is 9.99. The van der Waals surface area contributed by atoms with Crippen molar-refractivity contribution in [3.63, 3.8) is 0 Å². The van der Waals surface area contributed by atoms with E-state index in [1.807, 2.05) is 36.4 Å². The second-order valence-electron chi connectivity index (χ2n) is 11.4. The van der Waals surface area contributed by atoms with Crippen molar-refractivity contribution in [2.45, 2.75) is 0 Å². The van der Waals surface area contributed by atoms with E-state index in [0.29, 0.717) is 11.1 Å². The highest BCUT2D eigenvalue weighted by Gasteiger charge is 2.15. The van der Waals surface area contributed by atoms with Crippen LogP contribution in [0.15, 0.2) is 224 Å². The molecular formula is C52H37N. The summed E-state index contributed by atoms with van der Waals surface area (Å²) >= 11 is 0. The number of hydrogen-bond acceptors (Lipinski definition) is 1. The predicted octanol–water partition coefficient (Wildman–Crippen LogP) is 14.6. The third-order valence-corrected chi connectivity index (χ3v) is 8.11. The first-order valence-electron chi connectivity index (χ1n) is 29.1. The van der Waals surface area contributed by atoms with Crippen LogP contribution in [0.25, 0.3) is 66.4 Å². The van der Waals surface area contributed by atoms with Crippen molar-refractivity contribution in [1.82, 2.24) is 0 Å². The van der Waals surface area contributed by atoms with E-state index in [1.54, 1.807) is 12.1 Å². The molecule has 0 heterocycles. The minimum atomic E-state index is -0.988. The molecule has 0 fully saturated rings. The normalized spacial score (nSPS) is 17.9. The van der Waals surface area contributed by atoms with Crippen molar-refractivity contribution in [2.75, 3.05) is 4.90 Å². The Kier molecular flexibility index (Phi) is 3.95. The second-order valence-corrected chi connectivity index (χ2v) is 11.4. The molecule has 0 amide bonds. The molecule has 9 aromatic carbocycles. The Morgan fingerprint density at radius 1 is 0.264 bits per heavy atom. The molecule has 53 heavy (non-hydrogen) atoms. The van der Waals surface area contributed by atoms with Crippen LogP contribution in [-0.4, -0.2) is 0 Å². The van der Waals surface area contributed by atoms with Crippen LogP contribution in [-0.2, 0) is 0 Å². The van der Waals surface area contributed by atoms with Gasteiger partial charge >= 0.3 is 0 Å². The third kappa shape index (κ3) is 6.77. The molecule has 0 saturated heterocycles. The van der Waals surface area contributed by atoms with Gasteiger partial charge in [-0.05, 0) is 109 Å². The van der Waals surface area contributed by atoms with Gasteiger partial charge < -0.3 is 4.90 Å². The topological polar surface area (TPSA) is 3.24 Å². The van der Waals surface area contributed by atoms with Crippen molar-refractivity contribution < 1.29 is 35.6 Å². The van der Waals surface area contributed by atoms with E-state index in [9.17, 15) is 11.0 Å². The van der Waals surface area contributed by atoms with E-state index in [4.69, 9.17) is 24.7 Å². The van der Waals surface area contributed by atoms with Crippen molar-refractivity contribution in [2.24, 2.45) is 0 Å². The Labute approximate surface area is 348 Å². The molecule has 0 aliphatic rings. The average Bonchev–Trinajstić information content (AvgIpc) is 3.61. The molecule has 0 aliphatic heterocycles. The molecule has 0 saturated carbocycles. The van der Waals surface area contributed by atoms with Gasteiger partial charge in [0.15, 0.2) is 0 Å². The Balaban J connectivity index is 1.31. The summed E-state index contributed by atoms with van der Waals surface area (Å²) in [5.41, 5.74) is -6.27. The summed E-state index contributed by atoms with van der Waals surface area (Å²) in [4.78, 5) is 0.909. The largest absolute Gasteiger partial charge is 0.310 e. The first-order valence-corrected chi connectivity index (χ1v) is 16.1. The molecule has 1 heteroatoms. The van der Waals surface area contributed by atoms with Crippen LogP contribution in [0.4, 0.5) is 17.1 Å². The summed E-state index contributed by atoms with van der Waals surface area (Å²) in [6.07, 6.45) is 0. The maximum atomic E-state index is 9.57. The van der Waals surface area contributed by atoms with Gasteiger partial charge in [0, 0.05) is 17.1 Å². The zero-order chi connectivity index (χ0) is 58.0. The quantitative estimate of drug-likeness (QED) is 0.152. The van der Waals surface area contributed by atoms with Gasteiger partial charge in [0.05, 0.1) is 35.6 Å². The molecular weight excluding hydrogens is 639 g/mol. The lowest BCUT2D eigenvalue weighted by Crippen LogP contribution is -2.10. The Morgan fingerprint density at radius 3 is 1.13 bits per heavy atom. The van der Waals surface area contributed by atoms with Gasteiger partial charge in [-0.15, -0.1) is 0 Å². The van der Waals surface area contributed by atoms with E-state index in [2.05, 4.69) is 0 Å². The van der Waals surface area contributed by atoms with Gasteiger partial charge in [-0.2, -0.15) is 0 Å². The molecule has 0 spiro atoms. The van der Waals surface area contributed by atoms with E-state index < -0.39 is 213 Å². The molecule has 0 aliphatic carbocycles. The van der Waals surface area contributed by atoms with Crippen LogP contribution in [0.2, 0.25) is 0 Å². The predicted molar refractivity (Wildman–Crippen MR) is 226 cm³/mol. The molecule has 0 bridgehead atoms. The van der Waals surface area contributed by atoms with Gasteiger partial charge in [0.1, 0.15) is 0 Å². The first-order chi connectivity index (χ1) is 37.1. The number of fused-ring (bicyclic) bond motifs is 1. The van der Waals surface area contributed by atoms with E-state index in [-0.39, 0.29) is 5.69 Å². The standard InChI is InChI=1S/C52H37N/c1-3-10-38(11-4-1)41-18-22-43(23-19-41)45-28-32-50(33-29-45)53(52-17-9-16-48(37-52)49-27-26-40-14-7-8-15-47(40)36-49)51-34-30-46(31-35-51)44-24-20-42(21-25-44)39-12-5-2-6-13-39/h1-37H/i1D,2D,3D,4D,5D,6D,10D,11D,12D,13D,18D,19D,20D,21D,22D,23D,24D,25D,28D,29D,30D,31D,32D,33D,34D,35D. The van der Waals surface area contributed by atoms with E-state index in [1.165, 1.54) is 18.2 Å². The smallest absolute Gasteiger partial charge is 0.0645 e. The molecule has 0 unspecified atom stereocenters. The minimum Gasteiger partial charge on any atom is -0.310 e. The Morgan fingerprint density at radius 2 is 0.660 bits per heavy atom. The number of rotatable bonds is 8. The summed E-state index contributed by atoms with van der Waals surface area (Å²) in [7, 11) is 0. The molecule has 0 N–H and O–H groups in total. The highest BCUT2D eigenvalue weighted by Crippen LogP contribution is 2.39. The first kappa shape index (κ1) is 14.6. The number of benzene rings is 9. The van der Waals surface area contributed by atoms with Gasteiger partial charge in [-0.3, -0.25) is 0 Å². The lowest BCUT2D eigenvalue weighted by molar-refractivity contribution is 1.28. The maximum Gasteiger partial charge on any atom is 0.0645 e. The second kappa shape index (κ2) is 14.3. The number of nitrogens with zero attached hydrogens (tertiary/aromatic N) is 1. The van der Waals surface area contributed by atoms with Crippen LogP contribution >= 0.6 is 0 Å². The number of anilines is 3. The van der Waals surface area contributed by atoms with Crippen LogP contribution in [0.1, 0.15) is 35.6 Å². The SMILES string of the molecule is [2H]c1c([2H])c([2H])c(-c2c([2H])c([2H])c(-c3c([2H])c([2H])c(N(c4cccc(-c5ccc6ccccc6c5)c4)c4c([2H])c([2H])c(-c5c([2H])c([2H])c(-c6c([2H])c([2H])c([2H])c([2H])c6[2H])c([2H])c5[2H])c([2H])c4[2H])c([2H])c3[2H])c([2H])c2[2H])c([2H])c1[2H]. The zero-order valence-corrected chi connectivity index (χ0v) is 27.3. The molecule has 1 nitrogen and oxygen atoms in total. The van der Waals surface area contributed by atoms with Crippen LogP contribution in [0.5, 0.6) is 0 Å². The molecule has 0 aromatic heterocycles. The minimum absolute atomic E-state index is 0.0767. The van der Waals surface area contributed by atoms with Gasteiger partial charge in [-0.25, -0.2) is 0 Å². The van der Waals surface area contributed by atoms with Crippen LogP contribution in [0.3, 0.4) is 0 Å². The van der Waals surface area contributed by atoms with Crippen molar-refractivity contribution >= 4 is 27.8 Å². The van der Waals surface area contributed by atoms with Crippen molar-refractivity contribution in [3.05, 3.63) is 224 Å². The molecule has 0 atom stereocenters.